The van der Waals surface area contributed by atoms with Gasteiger partial charge in [-0.3, -0.25) is 9.59 Å². The fraction of sp³-hybridized carbons (Fsp3) is 0.190. The summed E-state index contributed by atoms with van der Waals surface area (Å²) in [6, 6.07) is 18.4. The first kappa shape index (κ1) is 19.7. The van der Waals surface area contributed by atoms with Crippen molar-refractivity contribution in [3.05, 3.63) is 82.3 Å². The van der Waals surface area contributed by atoms with Crippen molar-refractivity contribution in [1.29, 1.82) is 0 Å². The van der Waals surface area contributed by atoms with Crippen LogP contribution < -0.4 is 15.6 Å². The average Bonchev–Trinajstić information content (AvgIpc) is 2.72. The molecule has 2 N–H and O–H groups in total. The molecule has 0 unspecified atom stereocenters. The first-order chi connectivity index (χ1) is 13.6. The van der Waals surface area contributed by atoms with E-state index in [1.807, 2.05) is 54.6 Å². The van der Waals surface area contributed by atoms with Gasteiger partial charge in [-0.25, -0.2) is 4.98 Å². The number of aromatic amines is 1. The summed E-state index contributed by atoms with van der Waals surface area (Å²) in [6.07, 6.45) is 0.952. The Balaban J connectivity index is 1.55. The van der Waals surface area contributed by atoms with E-state index < -0.39 is 0 Å². The summed E-state index contributed by atoms with van der Waals surface area (Å²) in [5, 5.41) is 3.22. The number of hydrogen-bond donors (Lipinski definition) is 2. The van der Waals surface area contributed by atoms with Gasteiger partial charge in [-0.1, -0.05) is 49.0 Å². The predicted molar refractivity (Wildman–Crippen MR) is 111 cm³/mol. The number of para-hydroxylation sites is 1. The molecule has 1 amide bonds. The van der Waals surface area contributed by atoms with Gasteiger partial charge in [0.15, 0.2) is 5.16 Å². The van der Waals surface area contributed by atoms with Gasteiger partial charge in [-0.05, 0) is 36.2 Å². The van der Waals surface area contributed by atoms with Crippen LogP contribution in [0.3, 0.4) is 0 Å². The first-order valence-electron chi connectivity index (χ1n) is 8.92. The van der Waals surface area contributed by atoms with Gasteiger partial charge >= 0.3 is 0 Å². The number of aryl methyl sites for hydroxylation is 1. The minimum Gasteiger partial charge on any atom is -0.487 e. The van der Waals surface area contributed by atoms with Gasteiger partial charge in [0.25, 0.3) is 5.56 Å². The van der Waals surface area contributed by atoms with Crippen molar-refractivity contribution in [1.82, 2.24) is 9.97 Å². The number of ether oxygens (including phenoxy) is 1. The topological polar surface area (TPSA) is 84.1 Å². The Bertz CT molecular complexity index is 972. The minimum atomic E-state index is -0.278. The fourth-order valence-corrected chi connectivity index (χ4v) is 3.15. The molecule has 7 heteroatoms. The molecule has 0 aliphatic carbocycles. The highest BCUT2D eigenvalue weighted by atomic mass is 32.2. The number of anilines is 1. The summed E-state index contributed by atoms with van der Waals surface area (Å²) in [4.78, 5) is 31.0. The summed E-state index contributed by atoms with van der Waals surface area (Å²) >= 11 is 1.17. The van der Waals surface area contributed by atoms with Crippen molar-refractivity contribution in [2.24, 2.45) is 0 Å². The van der Waals surface area contributed by atoms with E-state index in [-0.39, 0.29) is 23.8 Å². The number of amides is 1. The molecule has 3 aromatic rings. The molecule has 3 rings (SSSR count). The summed E-state index contributed by atoms with van der Waals surface area (Å²) in [5.74, 6) is 0.677. The summed E-state index contributed by atoms with van der Waals surface area (Å²) in [5.41, 5.74) is 2.18. The lowest BCUT2D eigenvalue weighted by Crippen LogP contribution is -2.16. The number of hydrogen-bond acceptors (Lipinski definition) is 5. The zero-order valence-corrected chi connectivity index (χ0v) is 16.3. The fourth-order valence-electron chi connectivity index (χ4n) is 2.45. The van der Waals surface area contributed by atoms with Crippen LogP contribution in [0, 0.1) is 0 Å². The van der Waals surface area contributed by atoms with Crippen LogP contribution in [0.15, 0.2) is 70.6 Å². The molecule has 1 aromatic heterocycles. The summed E-state index contributed by atoms with van der Waals surface area (Å²) in [7, 11) is 0. The maximum atomic E-state index is 12.1. The summed E-state index contributed by atoms with van der Waals surface area (Å²) in [6.45, 7) is 2.26. The third-order valence-electron chi connectivity index (χ3n) is 3.89. The summed E-state index contributed by atoms with van der Waals surface area (Å²) < 4.78 is 5.62. The normalized spacial score (nSPS) is 10.5. The minimum absolute atomic E-state index is 0.140. The second-order valence-electron chi connectivity index (χ2n) is 6.03. The molecule has 0 saturated heterocycles. The largest absolute Gasteiger partial charge is 0.487 e. The molecule has 28 heavy (non-hydrogen) atoms. The predicted octanol–water partition coefficient (Wildman–Crippen LogP) is 3.64. The SMILES string of the molecule is CCc1ccc(NC(=O)CSc2nc(COc3ccccc3)cc(=O)[nH]2)cc1. The van der Waals surface area contributed by atoms with Crippen LogP contribution in [0.2, 0.25) is 0 Å². The van der Waals surface area contributed by atoms with Crippen LogP contribution in [0.1, 0.15) is 18.2 Å². The molecule has 1 heterocycles. The Morgan fingerprint density at radius 2 is 1.89 bits per heavy atom. The molecule has 0 aliphatic rings. The number of benzene rings is 2. The number of thioether (sulfide) groups is 1. The Kier molecular flexibility index (Phi) is 6.86. The van der Waals surface area contributed by atoms with Crippen LogP contribution >= 0.6 is 11.8 Å². The second kappa shape index (κ2) is 9.75. The Morgan fingerprint density at radius 1 is 1.14 bits per heavy atom. The lowest BCUT2D eigenvalue weighted by atomic mass is 10.1. The van der Waals surface area contributed by atoms with Crippen LogP contribution in [0.4, 0.5) is 5.69 Å². The van der Waals surface area contributed by atoms with E-state index >= 15 is 0 Å². The van der Waals surface area contributed by atoms with Gasteiger partial charge < -0.3 is 15.0 Å². The number of carbonyl (C=O) groups excluding carboxylic acids is 1. The van der Waals surface area contributed by atoms with E-state index in [0.717, 1.165) is 12.1 Å². The van der Waals surface area contributed by atoms with Crippen LogP contribution in [0.5, 0.6) is 5.75 Å². The smallest absolute Gasteiger partial charge is 0.251 e. The highest BCUT2D eigenvalue weighted by molar-refractivity contribution is 7.99. The maximum Gasteiger partial charge on any atom is 0.251 e. The van der Waals surface area contributed by atoms with Gasteiger partial charge in [0.05, 0.1) is 11.4 Å². The number of aromatic nitrogens is 2. The van der Waals surface area contributed by atoms with E-state index in [1.54, 1.807) is 0 Å². The van der Waals surface area contributed by atoms with E-state index in [2.05, 4.69) is 22.2 Å². The number of H-pyrrole nitrogens is 1. The van der Waals surface area contributed by atoms with Crippen molar-refractivity contribution in [2.45, 2.75) is 25.1 Å². The Morgan fingerprint density at radius 3 is 2.61 bits per heavy atom. The van der Waals surface area contributed by atoms with Crippen molar-refractivity contribution in [2.75, 3.05) is 11.1 Å². The van der Waals surface area contributed by atoms with Crippen molar-refractivity contribution >= 4 is 23.4 Å². The van der Waals surface area contributed by atoms with Crippen LogP contribution in [-0.2, 0) is 17.8 Å². The van der Waals surface area contributed by atoms with Gasteiger partial charge in [0.1, 0.15) is 12.4 Å². The Labute approximate surface area is 167 Å². The van der Waals surface area contributed by atoms with E-state index in [9.17, 15) is 9.59 Å². The quantitative estimate of drug-likeness (QED) is 0.449. The number of carbonyl (C=O) groups is 1. The molecule has 6 nitrogen and oxygen atoms in total. The average molecular weight is 395 g/mol. The molecule has 0 atom stereocenters. The third kappa shape index (κ3) is 5.99. The van der Waals surface area contributed by atoms with Crippen LogP contribution in [-0.4, -0.2) is 21.6 Å². The van der Waals surface area contributed by atoms with E-state index in [1.165, 1.54) is 23.4 Å². The monoisotopic (exact) mass is 395 g/mol. The highest BCUT2D eigenvalue weighted by Gasteiger charge is 2.08. The van der Waals surface area contributed by atoms with Crippen molar-refractivity contribution in [3.8, 4) is 5.75 Å². The number of nitrogens with one attached hydrogen (secondary N) is 2. The molecule has 0 bridgehead atoms. The first-order valence-corrected chi connectivity index (χ1v) is 9.90. The molecule has 2 aromatic carbocycles. The molecule has 144 valence electrons. The van der Waals surface area contributed by atoms with Crippen LogP contribution in [0.25, 0.3) is 0 Å². The van der Waals surface area contributed by atoms with Gasteiger partial charge in [-0.15, -0.1) is 0 Å². The lowest BCUT2D eigenvalue weighted by Gasteiger charge is -2.08. The number of rotatable bonds is 8. The van der Waals surface area contributed by atoms with Gasteiger partial charge in [0, 0.05) is 11.8 Å². The molecule has 0 spiro atoms. The third-order valence-corrected chi connectivity index (χ3v) is 4.76. The molecule has 0 radical (unpaired) electrons. The second-order valence-corrected chi connectivity index (χ2v) is 6.99. The van der Waals surface area contributed by atoms with E-state index in [0.29, 0.717) is 16.6 Å². The standard InChI is InChI=1S/C21H21N3O3S/c1-2-15-8-10-16(11-9-15)22-20(26)14-28-21-23-17(12-19(25)24-21)13-27-18-6-4-3-5-7-18/h3-12H,2,13-14H2,1H3,(H,22,26)(H,23,24,25). The number of nitrogens with zero attached hydrogens (tertiary/aromatic N) is 1. The highest BCUT2D eigenvalue weighted by Crippen LogP contribution is 2.15. The zero-order valence-electron chi connectivity index (χ0n) is 15.5. The van der Waals surface area contributed by atoms with Gasteiger partial charge in [0.2, 0.25) is 5.91 Å². The maximum absolute atomic E-state index is 12.1. The van der Waals surface area contributed by atoms with Crippen molar-refractivity contribution in [3.63, 3.8) is 0 Å². The van der Waals surface area contributed by atoms with E-state index in [4.69, 9.17) is 4.74 Å². The van der Waals surface area contributed by atoms with Crippen molar-refractivity contribution < 1.29 is 9.53 Å². The molecule has 0 fully saturated rings. The molecular weight excluding hydrogens is 374 g/mol. The van der Waals surface area contributed by atoms with Gasteiger partial charge in [-0.2, -0.15) is 0 Å². The zero-order chi connectivity index (χ0) is 19.8. The Hall–Kier alpha value is -3.06. The molecule has 0 aliphatic heterocycles. The molecular formula is C21H21N3O3S. The molecule has 0 saturated carbocycles. The lowest BCUT2D eigenvalue weighted by molar-refractivity contribution is -0.113.